The average Bonchev–Trinajstić information content (AvgIpc) is 2.59. The van der Waals surface area contributed by atoms with E-state index in [-0.39, 0.29) is 0 Å². The Morgan fingerprint density at radius 3 is 2.64 bits per heavy atom. The molecule has 0 radical (unpaired) electrons. The van der Waals surface area contributed by atoms with Crippen molar-refractivity contribution in [2.45, 2.75) is 6.18 Å². The smallest absolute Gasteiger partial charge is 0.322 e. The van der Waals surface area contributed by atoms with E-state index in [1.165, 1.54) is 18.2 Å². The Hall–Kier alpha value is -3.22. The maximum absolute atomic E-state index is 12.4. The molecule has 3 aromatic rings. The molecule has 25 heavy (non-hydrogen) atoms. The highest BCUT2D eigenvalue weighted by Crippen LogP contribution is 2.27. The molecule has 2 heterocycles. The molecule has 0 atom stereocenters. The molecule has 1 aromatic carbocycles. The minimum absolute atomic E-state index is 0.392. The van der Waals surface area contributed by atoms with Crippen molar-refractivity contribution in [2.24, 2.45) is 0 Å². The van der Waals surface area contributed by atoms with Gasteiger partial charge in [0, 0.05) is 29.5 Å². The monoisotopic (exact) mass is 343 g/mol. The Morgan fingerprint density at radius 1 is 1.08 bits per heavy atom. The summed E-state index contributed by atoms with van der Waals surface area (Å²) in [6.07, 6.45) is 0.858. The quantitative estimate of drug-likeness (QED) is 0.722. The fraction of sp³-hybridized carbons (Fsp3) is 0.0556. The van der Waals surface area contributed by atoms with Crippen molar-refractivity contribution in [3.05, 3.63) is 72.2 Å². The molecule has 0 unspecified atom stereocenters. The van der Waals surface area contributed by atoms with Gasteiger partial charge in [-0.15, -0.1) is 0 Å². The van der Waals surface area contributed by atoms with Crippen LogP contribution in [0.1, 0.15) is 11.3 Å². The Labute approximate surface area is 141 Å². The Kier molecular flexibility index (Phi) is 4.47. The molecule has 1 N–H and O–H groups in total. The molecule has 0 aliphatic rings. The number of amides is 1. The molecule has 126 valence electrons. The third kappa shape index (κ3) is 4.20. The number of rotatable bonds is 3. The van der Waals surface area contributed by atoms with Crippen molar-refractivity contribution in [1.82, 2.24) is 9.97 Å². The van der Waals surface area contributed by atoms with Gasteiger partial charge < -0.3 is 5.32 Å². The average molecular weight is 343 g/mol. The summed E-state index contributed by atoms with van der Waals surface area (Å²) in [5, 5.41) is 3.62. The standard InChI is InChI=1S/C18H12F3N3O/c19-18(20,21)16-7-3-12(11-23-16)4-8-17(25)24-14-6-5-13-2-1-9-22-15(13)10-14/h1-11H,(H,24,25). The van der Waals surface area contributed by atoms with Crippen molar-refractivity contribution in [2.75, 3.05) is 5.32 Å². The highest BCUT2D eigenvalue weighted by atomic mass is 19.4. The summed E-state index contributed by atoms with van der Waals surface area (Å²) in [6.45, 7) is 0. The highest BCUT2D eigenvalue weighted by molar-refractivity contribution is 6.02. The van der Waals surface area contributed by atoms with Crippen LogP contribution in [0.5, 0.6) is 0 Å². The maximum Gasteiger partial charge on any atom is 0.433 e. The van der Waals surface area contributed by atoms with Crippen LogP contribution < -0.4 is 5.32 Å². The predicted molar refractivity (Wildman–Crippen MR) is 88.6 cm³/mol. The molecule has 0 fully saturated rings. The van der Waals surface area contributed by atoms with Crippen LogP contribution in [-0.2, 0) is 11.0 Å². The van der Waals surface area contributed by atoms with Crippen LogP contribution in [0, 0.1) is 0 Å². The molecule has 4 nitrogen and oxygen atoms in total. The van der Waals surface area contributed by atoms with E-state index >= 15 is 0 Å². The molecule has 2 aromatic heterocycles. The second-order valence-corrected chi connectivity index (χ2v) is 5.21. The van der Waals surface area contributed by atoms with Gasteiger partial charge in [-0.3, -0.25) is 14.8 Å². The van der Waals surface area contributed by atoms with Crippen LogP contribution in [0.15, 0.2) is 60.9 Å². The van der Waals surface area contributed by atoms with E-state index in [1.54, 1.807) is 18.3 Å². The number of anilines is 1. The molecule has 0 bridgehead atoms. The minimum atomic E-state index is -4.48. The second kappa shape index (κ2) is 6.72. The van der Waals surface area contributed by atoms with Crippen LogP contribution in [0.25, 0.3) is 17.0 Å². The number of carbonyl (C=O) groups is 1. The van der Waals surface area contributed by atoms with Crippen molar-refractivity contribution in [3.63, 3.8) is 0 Å². The van der Waals surface area contributed by atoms with E-state index in [9.17, 15) is 18.0 Å². The minimum Gasteiger partial charge on any atom is -0.322 e. The zero-order valence-corrected chi connectivity index (χ0v) is 12.8. The fourth-order valence-corrected chi connectivity index (χ4v) is 2.17. The first kappa shape index (κ1) is 16.6. The number of pyridine rings is 2. The van der Waals surface area contributed by atoms with Gasteiger partial charge in [0.2, 0.25) is 5.91 Å². The van der Waals surface area contributed by atoms with E-state index in [0.29, 0.717) is 11.3 Å². The Bertz CT molecular complexity index is 934. The number of benzene rings is 1. The summed E-state index contributed by atoms with van der Waals surface area (Å²) in [7, 11) is 0. The van der Waals surface area contributed by atoms with E-state index in [0.717, 1.165) is 23.2 Å². The highest BCUT2D eigenvalue weighted by Gasteiger charge is 2.31. The van der Waals surface area contributed by atoms with Crippen LogP contribution >= 0.6 is 0 Å². The normalized spacial score (nSPS) is 11.8. The first-order chi connectivity index (χ1) is 11.9. The zero-order valence-electron chi connectivity index (χ0n) is 12.8. The van der Waals surface area contributed by atoms with Gasteiger partial charge in [0.05, 0.1) is 5.52 Å². The van der Waals surface area contributed by atoms with Crippen LogP contribution in [0.2, 0.25) is 0 Å². The summed E-state index contributed by atoms with van der Waals surface area (Å²) < 4.78 is 37.3. The van der Waals surface area contributed by atoms with Gasteiger partial charge in [-0.05, 0) is 35.9 Å². The summed E-state index contributed by atoms with van der Waals surface area (Å²) in [4.78, 5) is 19.5. The van der Waals surface area contributed by atoms with Crippen molar-refractivity contribution in [3.8, 4) is 0 Å². The molecule has 0 aliphatic heterocycles. The zero-order chi connectivity index (χ0) is 17.9. The predicted octanol–water partition coefficient (Wildman–Crippen LogP) is 4.30. The summed E-state index contributed by atoms with van der Waals surface area (Å²) in [5.41, 5.74) is 0.740. The molecule has 0 aliphatic carbocycles. The third-order valence-corrected chi connectivity index (χ3v) is 3.38. The van der Waals surface area contributed by atoms with Gasteiger partial charge in [0.25, 0.3) is 0 Å². The molecule has 3 rings (SSSR count). The summed E-state index contributed by atoms with van der Waals surface area (Å²) >= 11 is 0. The van der Waals surface area contributed by atoms with Gasteiger partial charge in [-0.1, -0.05) is 18.2 Å². The molecule has 0 saturated heterocycles. The van der Waals surface area contributed by atoms with Gasteiger partial charge in [-0.25, -0.2) is 0 Å². The molecule has 0 spiro atoms. The first-order valence-electron chi connectivity index (χ1n) is 7.29. The van der Waals surface area contributed by atoms with Crippen molar-refractivity contribution >= 4 is 28.6 Å². The number of alkyl halides is 3. The summed E-state index contributed by atoms with van der Waals surface area (Å²) in [5.74, 6) is -0.407. The Morgan fingerprint density at radius 2 is 1.92 bits per heavy atom. The van der Waals surface area contributed by atoms with E-state index in [1.807, 2.05) is 18.2 Å². The topological polar surface area (TPSA) is 54.9 Å². The van der Waals surface area contributed by atoms with E-state index in [4.69, 9.17) is 0 Å². The molecule has 0 saturated carbocycles. The number of aromatic nitrogens is 2. The van der Waals surface area contributed by atoms with Gasteiger partial charge in [0.15, 0.2) is 0 Å². The molecule has 7 heteroatoms. The lowest BCUT2D eigenvalue weighted by molar-refractivity contribution is -0.141. The lowest BCUT2D eigenvalue weighted by Gasteiger charge is -2.05. The number of nitrogens with one attached hydrogen (secondary N) is 1. The van der Waals surface area contributed by atoms with Crippen LogP contribution in [-0.4, -0.2) is 15.9 Å². The SMILES string of the molecule is O=C(C=Cc1ccc(C(F)(F)F)nc1)Nc1ccc2cccnc2c1. The lowest BCUT2D eigenvalue weighted by atomic mass is 10.2. The van der Waals surface area contributed by atoms with Gasteiger partial charge in [-0.2, -0.15) is 13.2 Å². The largest absolute Gasteiger partial charge is 0.433 e. The number of fused-ring (bicyclic) bond motifs is 1. The lowest BCUT2D eigenvalue weighted by Crippen LogP contribution is -2.08. The number of nitrogens with zero attached hydrogens (tertiary/aromatic N) is 2. The number of carbonyl (C=O) groups excluding carboxylic acids is 1. The second-order valence-electron chi connectivity index (χ2n) is 5.21. The van der Waals surface area contributed by atoms with Crippen molar-refractivity contribution in [1.29, 1.82) is 0 Å². The fourth-order valence-electron chi connectivity index (χ4n) is 2.17. The maximum atomic E-state index is 12.4. The summed E-state index contributed by atoms with van der Waals surface area (Å²) in [6, 6.07) is 11.2. The van der Waals surface area contributed by atoms with E-state index < -0.39 is 17.8 Å². The first-order valence-corrected chi connectivity index (χ1v) is 7.29. The Balaban J connectivity index is 1.67. The molecular formula is C18H12F3N3O. The van der Waals surface area contributed by atoms with Crippen LogP contribution in [0.3, 0.4) is 0 Å². The number of halogens is 3. The molecule has 1 amide bonds. The van der Waals surface area contributed by atoms with Gasteiger partial charge in [0.1, 0.15) is 5.69 Å². The molecular weight excluding hydrogens is 331 g/mol. The van der Waals surface area contributed by atoms with Crippen LogP contribution in [0.4, 0.5) is 18.9 Å². The van der Waals surface area contributed by atoms with E-state index in [2.05, 4.69) is 15.3 Å². The van der Waals surface area contributed by atoms with Crippen molar-refractivity contribution < 1.29 is 18.0 Å². The number of hydrogen-bond acceptors (Lipinski definition) is 3. The van der Waals surface area contributed by atoms with Gasteiger partial charge >= 0.3 is 6.18 Å². The number of hydrogen-bond donors (Lipinski definition) is 1. The third-order valence-electron chi connectivity index (χ3n) is 3.38.